The normalized spacial score (nSPS) is 14.7. The number of aryl methyl sites for hydroxylation is 1. The number of unbranched alkanes of at least 4 members (excludes halogenated alkanes) is 5. The van der Waals surface area contributed by atoms with Gasteiger partial charge in [-0.3, -0.25) is 19.3 Å². The summed E-state index contributed by atoms with van der Waals surface area (Å²) in [6.45, 7) is 9.15. The first kappa shape index (κ1) is 31.4. The number of amides is 4. The Hall–Kier alpha value is -2.81. The summed E-state index contributed by atoms with van der Waals surface area (Å²) in [4.78, 5) is 50.3. The van der Waals surface area contributed by atoms with Crippen molar-refractivity contribution in [2.24, 2.45) is 0 Å². The highest BCUT2D eigenvalue weighted by atomic mass is 32.2. The molecule has 0 saturated carbocycles. The van der Waals surface area contributed by atoms with Crippen molar-refractivity contribution in [2.75, 3.05) is 19.6 Å². The molecule has 1 saturated heterocycles. The molecule has 4 amide bonds. The fraction of sp³-hybridized carbons (Fsp3) is 0.586. The summed E-state index contributed by atoms with van der Waals surface area (Å²) in [7, 11) is 0. The lowest BCUT2D eigenvalue weighted by atomic mass is 10.1. The lowest BCUT2D eigenvalue weighted by Crippen LogP contribution is -2.33. The maximum atomic E-state index is 12.7. The molecule has 1 aromatic rings. The second-order valence-corrected chi connectivity index (χ2v) is 11.4. The number of carbonyl (C=O) groups excluding carboxylic acids is 4. The van der Waals surface area contributed by atoms with Crippen LogP contribution in [0.25, 0.3) is 6.08 Å². The first-order valence-electron chi connectivity index (χ1n) is 13.7. The third-order valence-corrected chi connectivity index (χ3v) is 6.85. The van der Waals surface area contributed by atoms with Crippen LogP contribution in [0, 0.1) is 0 Å². The van der Waals surface area contributed by atoms with Crippen molar-refractivity contribution >= 4 is 41.0 Å². The van der Waals surface area contributed by atoms with Gasteiger partial charge in [0.1, 0.15) is 5.60 Å². The molecule has 38 heavy (non-hydrogen) atoms. The number of hydrogen-bond donors (Lipinski definition) is 2. The topological polar surface area (TPSA) is 105 Å². The minimum atomic E-state index is -0.503. The second-order valence-electron chi connectivity index (χ2n) is 10.4. The van der Waals surface area contributed by atoms with Gasteiger partial charge in [-0.15, -0.1) is 0 Å². The summed E-state index contributed by atoms with van der Waals surface area (Å²) in [5.41, 5.74) is 1.65. The molecule has 0 bridgehead atoms. The van der Waals surface area contributed by atoms with Gasteiger partial charge in [0.05, 0.1) is 4.91 Å². The highest BCUT2D eigenvalue weighted by Crippen LogP contribution is 2.32. The monoisotopic (exact) mass is 545 g/mol. The first-order chi connectivity index (χ1) is 18.1. The van der Waals surface area contributed by atoms with E-state index < -0.39 is 11.7 Å². The van der Waals surface area contributed by atoms with E-state index in [4.69, 9.17) is 4.74 Å². The van der Waals surface area contributed by atoms with Crippen LogP contribution in [0.4, 0.5) is 9.59 Å². The number of nitrogens with one attached hydrogen (secondary N) is 2. The van der Waals surface area contributed by atoms with E-state index in [1.165, 1.54) is 10.5 Å². The summed E-state index contributed by atoms with van der Waals surface area (Å²) in [6.07, 6.45) is 8.67. The van der Waals surface area contributed by atoms with Crippen molar-refractivity contribution in [1.29, 1.82) is 0 Å². The number of nitrogens with zero attached hydrogens (tertiary/aromatic N) is 1. The number of rotatable bonds is 15. The van der Waals surface area contributed by atoms with Crippen LogP contribution < -0.4 is 10.6 Å². The Kier molecular flexibility index (Phi) is 13.4. The third-order valence-electron chi connectivity index (χ3n) is 5.94. The Morgan fingerprint density at radius 2 is 1.55 bits per heavy atom. The quantitative estimate of drug-likeness (QED) is 0.205. The molecule has 1 aliphatic rings. The van der Waals surface area contributed by atoms with Gasteiger partial charge in [-0.25, -0.2) is 4.79 Å². The predicted molar refractivity (Wildman–Crippen MR) is 153 cm³/mol. The molecule has 0 atom stereocenters. The molecule has 0 unspecified atom stereocenters. The highest BCUT2D eigenvalue weighted by molar-refractivity contribution is 8.18. The average Bonchev–Trinajstić information content (AvgIpc) is 3.12. The van der Waals surface area contributed by atoms with Crippen LogP contribution in [0.5, 0.6) is 0 Å². The first-order valence-corrected chi connectivity index (χ1v) is 14.5. The van der Waals surface area contributed by atoms with Crippen LogP contribution in [0.15, 0.2) is 29.2 Å². The van der Waals surface area contributed by atoms with Gasteiger partial charge in [-0.05, 0) is 81.8 Å². The maximum Gasteiger partial charge on any atom is 0.407 e. The van der Waals surface area contributed by atoms with Crippen molar-refractivity contribution < 1.29 is 23.9 Å². The van der Waals surface area contributed by atoms with E-state index in [1.54, 1.807) is 6.08 Å². The van der Waals surface area contributed by atoms with Crippen LogP contribution >= 0.6 is 11.8 Å². The van der Waals surface area contributed by atoms with Crippen molar-refractivity contribution in [3.8, 4) is 0 Å². The largest absolute Gasteiger partial charge is 0.444 e. The molecule has 1 aromatic carbocycles. The molecule has 0 aliphatic carbocycles. The number of hydrogen-bond acceptors (Lipinski definition) is 6. The second kappa shape index (κ2) is 16.2. The molecule has 8 nitrogen and oxygen atoms in total. The van der Waals surface area contributed by atoms with E-state index in [2.05, 4.69) is 17.6 Å². The van der Waals surface area contributed by atoms with Crippen molar-refractivity contribution in [3.63, 3.8) is 0 Å². The van der Waals surface area contributed by atoms with E-state index in [9.17, 15) is 19.2 Å². The fourth-order valence-corrected chi connectivity index (χ4v) is 4.72. The van der Waals surface area contributed by atoms with E-state index in [0.717, 1.165) is 68.7 Å². The molecule has 1 heterocycles. The molecular weight excluding hydrogens is 502 g/mol. The Balaban J connectivity index is 1.50. The summed E-state index contributed by atoms with van der Waals surface area (Å²) < 4.78 is 5.18. The van der Waals surface area contributed by atoms with Gasteiger partial charge >= 0.3 is 6.09 Å². The van der Waals surface area contributed by atoms with Crippen LogP contribution in [0.1, 0.15) is 90.2 Å². The number of thioether (sulfide) groups is 1. The van der Waals surface area contributed by atoms with Crippen LogP contribution in [-0.4, -0.2) is 53.3 Å². The molecule has 1 aliphatic heterocycles. The van der Waals surface area contributed by atoms with Gasteiger partial charge in [0.2, 0.25) is 5.91 Å². The molecule has 0 spiro atoms. The van der Waals surface area contributed by atoms with Gasteiger partial charge in [0.25, 0.3) is 11.1 Å². The molecule has 2 N–H and O–H groups in total. The van der Waals surface area contributed by atoms with Gasteiger partial charge in [0, 0.05) is 26.1 Å². The summed E-state index contributed by atoms with van der Waals surface area (Å²) in [5.74, 6) is -0.175. The Morgan fingerprint density at radius 1 is 0.921 bits per heavy atom. The summed E-state index contributed by atoms with van der Waals surface area (Å²) >= 11 is 1.00. The van der Waals surface area contributed by atoms with Gasteiger partial charge in [-0.2, -0.15) is 0 Å². The molecule has 0 aromatic heterocycles. The van der Waals surface area contributed by atoms with E-state index in [1.807, 2.05) is 45.0 Å². The minimum absolute atomic E-state index is 0.0408. The molecule has 210 valence electrons. The highest BCUT2D eigenvalue weighted by Gasteiger charge is 2.34. The zero-order chi connectivity index (χ0) is 28.0. The average molecular weight is 546 g/mol. The maximum absolute atomic E-state index is 12.7. The molecule has 2 rings (SSSR count). The number of carbonyl (C=O) groups is 4. The van der Waals surface area contributed by atoms with E-state index in [-0.39, 0.29) is 17.1 Å². The number of ether oxygens (including phenoxy) is 1. The standard InChI is InChI=1S/C29H43N3O5S/c1-5-22-14-16-23(17-15-22)21-24-26(34)32(28(36)38-24)20-12-7-6-10-18-30-25(33)13-9-8-11-19-31-27(35)37-29(2,3)4/h14-17,21H,5-13,18-20H2,1-4H3,(H,30,33)(H,31,35)/b24-21-. The zero-order valence-electron chi connectivity index (χ0n) is 23.3. The zero-order valence-corrected chi connectivity index (χ0v) is 24.1. The number of alkyl carbamates (subject to hydrolysis) is 1. The SMILES string of the molecule is CCc1ccc(/C=C2\SC(=O)N(CCCCCCNC(=O)CCCCCNC(=O)OC(C)(C)C)C2=O)cc1. The van der Waals surface area contributed by atoms with Gasteiger partial charge < -0.3 is 15.4 Å². The Morgan fingerprint density at radius 3 is 2.21 bits per heavy atom. The third kappa shape index (κ3) is 12.2. The van der Waals surface area contributed by atoms with Crippen LogP contribution in [-0.2, 0) is 20.7 Å². The van der Waals surface area contributed by atoms with Crippen LogP contribution in [0.2, 0.25) is 0 Å². The lowest BCUT2D eigenvalue weighted by Gasteiger charge is -2.19. The van der Waals surface area contributed by atoms with E-state index >= 15 is 0 Å². The lowest BCUT2D eigenvalue weighted by molar-refractivity contribution is -0.123. The number of imide groups is 1. The van der Waals surface area contributed by atoms with E-state index in [0.29, 0.717) is 31.0 Å². The van der Waals surface area contributed by atoms with Crippen molar-refractivity contribution in [2.45, 2.75) is 91.1 Å². The van der Waals surface area contributed by atoms with Crippen LogP contribution in [0.3, 0.4) is 0 Å². The minimum Gasteiger partial charge on any atom is -0.444 e. The summed E-state index contributed by atoms with van der Waals surface area (Å²) in [6, 6.07) is 8.01. The molecule has 0 radical (unpaired) electrons. The Bertz CT molecular complexity index is 969. The fourth-order valence-electron chi connectivity index (χ4n) is 3.85. The smallest absolute Gasteiger partial charge is 0.407 e. The molecule has 9 heteroatoms. The van der Waals surface area contributed by atoms with Gasteiger partial charge in [0.15, 0.2) is 0 Å². The Labute approximate surface area is 231 Å². The van der Waals surface area contributed by atoms with Crippen molar-refractivity contribution in [3.05, 3.63) is 40.3 Å². The molecule has 1 fully saturated rings. The molecular formula is C29H43N3O5S. The van der Waals surface area contributed by atoms with Crippen molar-refractivity contribution in [1.82, 2.24) is 15.5 Å². The number of benzene rings is 1. The summed E-state index contributed by atoms with van der Waals surface area (Å²) in [5, 5.41) is 5.45. The predicted octanol–water partition coefficient (Wildman–Crippen LogP) is 6.05. The van der Waals surface area contributed by atoms with Gasteiger partial charge in [-0.1, -0.05) is 50.5 Å².